The van der Waals surface area contributed by atoms with E-state index in [0.29, 0.717) is 35.6 Å². The van der Waals surface area contributed by atoms with E-state index in [1.165, 1.54) is 100 Å². The summed E-state index contributed by atoms with van der Waals surface area (Å²) in [6.45, 7) is 8.12. The molecule has 0 spiro atoms. The van der Waals surface area contributed by atoms with Crippen LogP contribution in [0.5, 0.6) is 0 Å². The maximum atomic E-state index is 14.4. The van der Waals surface area contributed by atoms with E-state index < -0.39 is 60.1 Å². The first-order valence-corrected chi connectivity index (χ1v) is 31.1. The van der Waals surface area contributed by atoms with Gasteiger partial charge in [0.05, 0.1) is 53.3 Å². The molecule has 87 heavy (non-hydrogen) atoms. The Balaban J connectivity index is 0.942. The maximum Gasteiger partial charge on any atom is 0.416 e. The van der Waals surface area contributed by atoms with Crippen molar-refractivity contribution in [3.8, 4) is 0 Å². The Bertz CT molecular complexity index is 2780. The molecule has 1 heterocycles. The Hall–Kier alpha value is -6.61. The van der Waals surface area contributed by atoms with Crippen LogP contribution in [0.1, 0.15) is 184 Å². The second kappa shape index (κ2) is 37.3. The molecule has 0 radical (unpaired) electrons. The van der Waals surface area contributed by atoms with Crippen LogP contribution in [0.2, 0.25) is 0 Å². The van der Waals surface area contributed by atoms with Crippen LogP contribution in [0.3, 0.4) is 0 Å². The number of hydrogen-bond donors (Lipinski definition) is 6. The summed E-state index contributed by atoms with van der Waals surface area (Å²) in [6.07, 6.45) is 12.5. The van der Waals surface area contributed by atoms with Crippen LogP contribution in [0.25, 0.3) is 0 Å². The predicted octanol–water partition coefficient (Wildman–Crippen LogP) is 15.1. The number of ether oxygens (including phenoxy) is 2. The number of carbonyl (C=O) groups is 3. The van der Waals surface area contributed by atoms with Crippen molar-refractivity contribution in [2.45, 2.75) is 174 Å². The third kappa shape index (κ3) is 23.5. The summed E-state index contributed by atoms with van der Waals surface area (Å²) in [4.78, 5) is 46.9. The highest BCUT2D eigenvalue weighted by atomic mass is 19.4. The quantitative estimate of drug-likeness (QED) is 0.00812. The molecule has 0 saturated carbocycles. The fourth-order valence-electron chi connectivity index (χ4n) is 11.1. The smallest absolute Gasteiger partial charge is 0.416 e. The number of unbranched alkanes of at least 4 members (excludes halogenated alkanes) is 18. The summed E-state index contributed by atoms with van der Waals surface area (Å²) in [7, 11) is 0. The van der Waals surface area contributed by atoms with Gasteiger partial charge in [-0.1, -0.05) is 146 Å². The average Bonchev–Trinajstić information content (AvgIpc) is 0.838. The molecule has 2 atom stereocenters. The molecule has 480 valence electrons. The van der Waals surface area contributed by atoms with Gasteiger partial charge in [-0.3, -0.25) is 4.90 Å². The number of esters is 2. The molecule has 8 N–H and O–H groups in total. The van der Waals surface area contributed by atoms with Crippen molar-refractivity contribution >= 4 is 40.7 Å². The molecule has 4 aromatic carbocycles. The minimum atomic E-state index is -4.65. The van der Waals surface area contributed by atoms with Gasteiger partial charge in [-0.2, -0.15) is 26.3 Å². The van der Waals surface area contributed by atoms with Gasteiger partial charge < -0.3 is 51.6 Å². The molecular formula is C67H93F6N7O7. The van der Waals surface area contributed by atoms with E-state index in [0.717, 1.165) is 112 Å². The lowest BCUT2D eigenvalue weighted by Crippen LogP contribution is -2.51. The molecule has 0 aliphatic carbocycles. The Morgan fingerprint density at radius 1 is 0.644 bits per heavy atom. The molecular weight excluding hydrogens is 1130 g/mol. The van der Waals surface area contributed by atoms with Gasteiger partial charge in [-0.05, 0) is 138 Å². The van der Waals surface area contributed by atoms with Crippen LogP contribution in [0, 0.1) is 0 Å². The van der Waals surface area contributed by atoms with Gasteiger partial charge in [-0.15, -0.1) is 0 Å². The molecule has 2 amide bonds. The molecule has 0 saturated heterocycles. The minimum absolute atomic E-state index is 0.0285. The number of amides is 2. The van der Waals surface area contributed by atoms with E-state index in [1.807, 2.05) is 0 Å². The van der Waals surface area contributed by atoms with E-state index >= 15 is 0 Å². The fourth-order valence-corrected chi connectivity index (χ4v) is 11.1. The lowest BCUT2D eigenvalue weighted by atomic mass is 9.92. The van der Waals surface area contributed by atoms with Crippen molar-refractivity contribution in [3.05, 3.63) is 142 Å². The van der Waals surface area contributed by atoms with Gasteiger partial charge >= 0.3 is 30.3 Å². The number of alkyl halides is 6. The number of urea groups is 1. The third-order valence-electron chi connectivity index (χ3n) is 15.8. The molecule has 0 bridgehead atoms. The summed E-state index contributed by atoms with van der Waals surface area (Å²) >= 11 is 0. The van der Waals surface area contributed by atoms with Crippen LogP contribution in [0.15, 0.2) is 120 Å². The summed E-state index contributed by atoms with van der Waals surface area (Å²) in [6, 6.07) is 20.9. The number of hydrogen-bond acceptors (Lipinski definition) is 12. The molecule has 2 unspecified atom stereocenters. The number of halogens is 6. The van der Waals surface area contributed by atoms with Gasteiger partial charge in [0, 0.05) is 35.0 Å². The zero-order valence-electron chi connectivity index (χ0n) is 51.1. The SMILES string of the molecule is CCN(CCCCCCCCCCCCNC(/C(C(=O)OCCO)=C(/C)Nc1cccc(C(F)(F)F)c1)c1ccc(N)cc1)CCCCCCCCCCCCN1C(=O)N(c2cccc(C(F)(F)F)c2)C(C)=C(C(=O)OCCO)C1c1ccc(N)cc1. The Kier molecular flexibility index (Phi) is 30.5. The van der Waals surface area contributed by atoms with Gasteiger partial charge in [0.2, 0.25) is 0 Å². The van der Waals surface area contributed by atoms with E-state index in [1.54, 1.807) is 55.5 Å². The third-order valence-corrected chi connectivity index (χ3v) is 15.8. The second-order valence-corrected chi connectivity index (χ2v) is 22.4. The summed E-state index contributed by atoms with van der Waals surface area (Å²) in [5.74, 6) is -1.48. The van der Waals surface area contributed by atoms with Crippen molar-refractivity contribution in [1.82, 2.24) is 15.1 Å². The number of aliphatic hydroxyl groups is 2. The first-order valence-electron chi connectivity index (χ1n) is 31.1. The van der Waals surface area contributed by atoms with Crippen molar-refractivity contribution in [2.24, 2.45) is 0 Å². The highest BCUT2D eigenvalue weighted by Crippen LogP contribution is 2.42. The van der Waals surface area contributed by atoms with Crippen molar-refractivity contribution in [1.29, 1.82) is 0 Å². The number of benzene rings is 4. The van der Waals surface area contributed by atoms with Crippen molar-refractivity contribution in [3.63, 3.8) is 0 Å². The van der Waals surface area contributed by atoms with Crippen LogP contribution in [0.4, 0.5) is 53.9 Å². The number of nitrogens with zero attached hydrogens (tertiary/aromatic N) is 3. The summed E-state index contributed by atoms with van der Waals surface area (Å²) in [5, 5.41) is 25.3. The van der Waals surface area contributed by atoms with E-state index in [-0.39, 0.29) is 54.6 Å². The minimum Gasteiger partial charge on any atom is -0.460 e. The molecule has 0 aromatic heterocycles. The molecule has 5 rings (SSSR count). The molecule has 1 aliphatic heterocycles. The van der Waals surface area contributed by atoms with Crippen LogP contribution in [-0.2, 0) is 31.4 Å². The Morgan fingerprint density at radius 2 is 1.13 bits per heavy atom. The van der Waals surface area contributed by atoms with E-state index in [9.17, 15) is 50.9 Å². The normalized spacial score (nSPS) is 14.6. The lowest BCUT2D eigenvalue weighted by Gasteiger charge is -2.43. The van der Waals surface area contributed by atoms with Gasteiger partial charge in [0.25, 0.3) is 0 Å². The highest BCUT2D eigenvalue weighted by molar-refractivity contribution is 6.03. The number of aliphatic hydroxyl groups excluding tert-OH is 2. The maximum absolute atomic E-state index is 14.4. The number of rotatable bonds is 40. The topological polar surface area (TPSA) is 196 Å². The molecule has 1 aliphatic rings. The fraction of sp³-hybridized carbons (Fsp3) is 0.537. The average molecular weight is 1220 g/mol. The number of anilines is 4. The molecule has 0 fully saturated rings. The van der Waals surface area contributed by atoms with Crippen LogP contribution >= 0.6 is 0 Å². The summed E-state index contributed by atoms with van der Waals surface area (Å²) < 4.78 is 92.9. The first kappa shape index (κ1) is 71.1. The monoisotopic (exact) mass is 1220 g/mol. The predicted molar refractivity (Wildman–Crippen MR) is 332 cm³/mol. The molecule has 20 heteroatoms. The number of carbonyl (C=O) groups excluding carboxylic acids is 3. The largest absolute Gasteiger partial charge is 0.460 e. The Morgan fingerprint density at radius 3 is 1.66 bits per heavy atom. The van der Waals surface area contributed by atoms with E-state index in [4.69, 9.17) is 20.9 Å². The van der Waals surface area contributed by atoms with Crippen molar-refractivity contribution in [2.75, 3.05) is 80.8 Å². The van der Waals surface area contributed by atoms with Gasteiger partial charge in [-0.25, -0.2) is 14.4 Å². The standard InChI is InChI=1S/C67H93F6N7O7/c1-4-78(40-22-18-14-10-6-5-9-13-17-21-39-76-61(51-31-35-55(74)36-32-51)59(63(83)86-45-43-81)49(2)77-57-29-25-27-53(47-57)66(68,69)70)41-23-19-15-11-7-8-12-16-20-24-42-79-62(52-33-37-56(75)38-34-52)60(64(84)87-46-44-82)50(3)80(65(79)85)58-30-26-28-54(48-58)67(71,72)73/h25-38,47-48,61-62,76-77,81-82H,4-24,39-46,74-75H2,1-3H3/b59-49+. The zero-order chi connectivity index (χ0) is 63.2. The summed E-state index contributed by atoms with van der Waals surface area (Å²) in [5.41, 5.74) is 13.4. The zero-order valence-corrected chi connectivity index (χ0v) is 51.1. The van der Waals surface area contributed by atoms with Crippen LogP contribution < -0.4 is 27.0 Å². The highest BCUT2D eigenvalue weighted by Gasteiger charge is 2.43. The number of allylic oxidation sites excluding steroid dienone is 2. The molecule has 14 nitrogen and oxygen atoms in total. The number of nitrogens with two attached hydrogens (primary N) is 2. The van der Waals surface area contributed by atoms with Crippen molar-refractivity contribution < 1.29 is 60.4 Å². The number of nitrogens with one attached hydrogen (secondary N) is 2. The Labute approximate surface area is 510 Å². The van der Waals surface area contributed by atoms with Crippen LogP contribution in [-0.4, -0.2) is 97.1 Å². The second-order valence-electron chi connectivity index (χ2n) is 22.4. The lowest BCUT2D eigenvalue weighted by molar-refractivity contribution is -0.141. The van der Waals surface area contributed by atoms with Gasteiger partial charge in [0.15, 0.2) is 0 Å². The number of nitrogen functional groups attached to an aromatic ring is 2. The van der Waals surface area contributed by atoms with E-state index in [2.05, 4.69) is 22.5 Å². The van der Waals surface area contributed by atoms with Gasteiger partial charge in [0.1, 0.15) is 13.2 Å². The molecule has 4 aromatic rings. The first-order chi connectivity index (χ1) is 41.8.